The third kappa shape index (κ3) is 2.83. The first-order chi connectivity index (χ1) is 7.61. The van der Waals surface area contributed by atoms with Gasteiger partial charge in [-0.2, -0.15) is 0 Å². The fourth-order valence-corrected chi connectivity index (χ4v) is 1.75. The van der Waals surface area contributed by atoms with E-state index in [-0.39, 0.29) is 0 Å². The van der Waals surface area contributed by atoms with Gasteiger partial charge in [0.25, 0.3) is 5.91 Å². The van der Waals surface area contributed by atoms with Crippen LogP contribution in [0.25, 0.3) is 0 Å². The van der Waals surface area contributed by atoms with E-state index in [1.807, 2.05) is 6.07 Å². The lowest BCUT2D eigenvalue weighted by molar-refractivity contribution is -0.138. The van der Waals surface area contributed by atoms with Crippen LogP contribution in [0.15, 0.2) is 30.3 Å². The Hall–Kier alpha value is -1.35. The number of benzene rings is 1. The van der Waals surface area contributed by atoms with Crippen molar-refractivity contribution in [1.29, 1.82) is 0 Å². The monoisotopic (exact) mass is 221 g/mol. The first kappa shape index (κ1) is 12.7. The van der Waals surface area contributed by atoms with Crippen LogP contribution in [0.4, 0.5) is 0 Å². The van der Waals surface area contributed by atoms with Gasteiger partial charge in [0.05, 0.1) is 0 Å². The molecule has 88 valence electrons. The molecule has 0 saturated carbocycles. The van der Waals surface area contributed by atoms with Crippen LogP contribution in [0.3, 0.4) is 0 Å². The highest BCUT2D eigenvalue weighted by atomic mass is 16.3. The number of rotatable bonds is 6. The van der Waals surface area contributed by atoms with E-state index in [0.717, 1.165) is 19.3 Å². The highest BCUT2D eigenvalue weighted by molar-refractivity contribution is 5.84. The van der Waals surface area contributed by atoms with E-state index in [4.69, 9.17) is 5.73 Å². The molecule has 0 spiro atoms. The molecule has 0 saturated heterocycles. The second-order valence-corrected chi connectivity index (χ2v) is 4.05. The lowest BCUT2D eigenvalue weighted by Crippen LogP contribution is -2.41. The van der Waals surface area contributed by atoms with Gasteiger partial charge in [-0.05, 0) is 18.4 Å². The molecule has 0 aromatic heterocycles. The minimum atomic E-state index is -1.52. The highest BCUT2D eigenvalue weighted by Crippen LogP contribution is 2.26. The summed E-state index contributed by atoms with van der Waals surface area (Å²) >= 11 is 0. The standard InChI is InChI=1S/C13H19NO2/c1-2-3-7-10-13(16,12(14)15)11-8-5-4-6-9-11/h4-6,8-9,16H,2-3,7,10H2,1H3,(H2,14,15)/t13-/m1/s1. The van der Waals surface area contributed by atoms with Gasteiger partial charge in [-0.3, -0.25) is 4.79 Å². The van der Waals surface area contributed by atoms with Crippen LogP contribution in [0.5, 0.6) is 0 Å². The quantitative estimate of drug-likeness (QED) is 0.721. The van der Waals surface area contributed by atoms with Gasteiger partial charge in [0, 0.05) is 0 Å². The summed E-state index contributed by atoms with van der Waals surface area (Å²) in [5.74, 6) is -0.671. The predicted molar refractivity (Wildman–Crippen MR) is 63.7 cm³/mol. The van der Waals surface area contributed by atoms with Crippen molar-refractivity contribution in [3.05, 3.63) is 35.9 Å². The zero-order valence-electron chi connectivity index (χ0n) is 9.65. The van der Waals surface area contributed by atoms with Crippen LogP contribution < -0.4 is 5.73 Å². The Morgan fingerprint density at radius 2 is 1.94 bits per heavy atom. The number of hydrogen-bond donors (Lipinski definition) is 2. The molecule has 0 unspecified atom stereocenters. The van der Waals surface area contributed by atoms with Crippen molar-refractivity contribution in [3.63, 3.8) is 0 Å². The Morgan fingerprint density at radius 1 is 1.31 bits per heavy atom. The summed E-state index contributed by atoms with van der Waals surface area (Å²) in [4.78, 5) is 11.4. The van der Waals surface area contributed by atoms with E-state index in [9.17, 15) is 9.90 Å². The third-order valence-corrected chi connectivity index (χ3v) is 2.80. The number of carbonyl (C=O) groups excluding carboxylic acids is 1. The smallest absolute Gasteiger partial charge is 0.254 e. The lowest BCUT2D eigenvalue weighted by Gasteiger charge is -2.25. The van der Waals surface area contributed by atoms with Crippen LogP contribution in [-0.4, -0.2) is 11.0 Å². The van der Waals surface area contributed by atoms with Gasteiger partial charge in [0.2, 0.25) is 0 Å². The number of aliphatic hydroxyl groups is 1. The van der Waals surface area contributed by atoms with Crippen LogP contribution in [0.1, 0.15) is 38.2 Å². The average molecular weight is 221 g/mol. The number of primary amides is 1. The summed E-state index contributed by atoms with van der Waals surface area (Å²) in [5, 5.41) is 10.3. The normalized spacial score (nSPS) is 14.4. The molecule has 1 atom stereocenters. The number of amides is 1. The van der Waals surface area contributed by atoms with Crippen molar-refractivity contribution >= 4 is 5.91 Å². The second kappa shape index (κ2) is 5.66. The van der Waals surface area contributed by atoms with Crippen molar-refractivity contribution in [2.45, 2.75) is 38.2 Å². The molecule has 1 amide bonds. The molecule has 0 aliphatic rings. The van der Waals surface area contributed by atoms with Crippen LogP contribution in [0.2, 0.25) is 0 Å². The van der Waals surface area contributed by atoms with Crippen molar-refractivity contribution in [2.24, 2.45) is 5.73 Å². The molecule has 1 aromatic carbocycles. The number of unbranched alkanes of at least 4 members (excludes halogenated alkanes) is 2. The lowest BCUT2D eigenvalue weighted by atomic mass is 9.88. The Bertz CT molecular complexity index is 337. The van der Waals surface area contributed by atoms with E-state index in [1.54, 1.807) is 24.3 Å². The van der Waals surface area contributed by atoms with E-state index >= 15 is 0 Å². The maximum absolute atomic E-state index is 11.4. The predicted octanol–water partition coefficient (Wildman–Crippen LogP) is 1.94. The molecule has 0 aliphatic heterocycles. The molecule has 1 rings (SSSR count). The van der Waals surface area contributed by atoms with Gasteiger partial charge in [-0.25, -0.2) is 0 Å². The third-order valence-electron chi connectivity index (χ3n) is 2.80. The van der Waals surface area contributed by atoms with E-state index in [0.29, 0.717) is 12.0 Å². The first-order valence-corrected chi connectivity index (χ1v) is 5.69. The molecule has 16 heavy (non-hydrogen) atoms. The van der Waals surface area contributed by atoms with Crippen molar-refractivity contribution in [1.82, 2.24) is 0 Å². The average Bonchev–Trinajstić information content (AvgIpc) is 2.30. The molecule has 0 bridgehead atoms. The molecule has 0 radical (unpaired) electrons. The fraction of sp³-hybridized carbons (Fsp3) is 0.462. The van der Waals surface area contributed by atoms with Gasteiger partial charge in [-0.1, -0.05) is 50.1 Å². The van der Waals surface area contributed by atoms with Gasteiger partial charge in [0.15, 0.2) is 5.60 Å². The fourth-order valence-electron chi connectivity index (χ4n) is 1.75. The molecular weight excluding hydrogens is 202 g/mol. The molecule has 0 fully saturated rings. The Balaban J connectivity index is 2.85. The van der Waals surface area contributed by atoms with Crippen LogP contribution in [-0.2, 0) is 10.4 Å². The van der Waals surface area contributed by atoms with Crippen molar-refractivity contribution in [2.75, 3.05) is 0 Å². The molecule has 3 heteroatoms. The maximum Gasteiger partial charge on any atom is 0.254 e. The van der Waals surface area contributed by atoms with Crippen LogP contribution in [0, 0.1) is 0 Å². The Labute approximate surface area is 96.3 Å². The van der Waals surface area contributed by atoms with E-state index in [2.05, 4.69) is 6.92 Å². The molecule has 1 aromatic rings. The minimum absolute atomic E-state index is 0.389. The zero-order chi connectivity index (χ0) is 12.0. The molecule has 3 N–H and O–H groups in total. The maximum atomic E-state index is 11.4. The van der Waals surface area contributed by atoms with Crippen molar-refractivity contribution < 1.29 is 9.90 Å². The summed E-state index contributed by atoms with van der Waals surface area (Å²) in [6, 6.07) is 8.90. The number of nitrogens with two attached hydrogens (primary N) is 1. The summed E-state index contributed by atoms with van der Waals surface area (Å²) in [6.45, 7) is 2.08. The van der Waals surface area contributed by atoms with Gasteiger partial charge < -0.3 is 10.8 Å². The first-order valence-electron chi connectivity index (χ1n) is 5.69. The topological polar surface area (TPSA) is 63.3 Å². The Kier molecular flexibility index (Phi) is 4.50. The number of carbonyl (C=O) groups is 1. The highest BCUT2D eigenvalue weighted by Gasteiger charge is 2.34. The van der Waals surface area contributed by atoms with E-state index < -0.39 is 11.5 Å². The van der Waals surface area contributed by atoms with Gasteiger partial charge >= 0.3 is 0 Å². The van der Waals surface area contributed by atoms with Crippen molar-refractivity contribution in [3.8, 4) is 0 Å². The van der Waals surface area contributed by atoms with Gasteiger partial charge in [-0.15, -0.1) is 0 Å². The van der Waals surface area contributed by atoms with Gasteiger partial charge in [0.1, 0.15) is 0 Å². The largest absolute Gasteiger partial charge is 0.375 e. The summed E-state index contributed by atoms with van der Waals surface area (Å²) in [5.41, 5.74) is 4.36. The molecule has 0 heterocycles. The van der Waals surface area contributed by atoms with Crippen LogP contribution >= 0.6 is 0 Å². The second-order valence-electron chi connectivity index (χ2n) is 4.05. The van der Waals surface area contributed by atoms with E-state index in [1.165, 1.54) is 0 Å². The SMILES string of the molecule is CCCCC[C@](O)(C(N)=O)c1ccccc1. The summed E-state index contributed by atoms with van der Waals surface area (Å²) in [6.07, 6.45) is 3.22. The molecule has 0 aliphatic carbocycles. The summed E-state index contributed by atoms with van der Waals surface area (Å²) in [7, 11) is 0. The number of hydrogen-bond acceptors (Lipinski definition) is 2. The Morgan fingerprint density at radius 3 is 2.44 bits per heavy atom. The molecule has 3 nitrogen and oxygen atoms in total. The minimum Gasteiger partial charge on any atom is -0.375 e. The molecular formula is C13H19NO2. The summed E-state index contributed by atoms with van der Waals surface area (Å²) < 4.78 is 0. The zero-order valence-corrected chi connectivity index (χ0v) is 9.65.